The van der Waals surface area contributed by atoms with Crippen molar-refractivity contribution >= 4 is 11.8 Å². The molecule has 1 aliphatic rings. The first-order valence-corrected chi connectivity index (χ1v) is 7.42. The van der Waals surface area contributed by atoms with Crippen molar-refractivity contribution < 1.29 is 9.59 Å². The van der Waals surface area contributed by atoms with Gasteiger partial charge in [-0.1, -0.05) is 13.8 Å². The van der Waals surface area contributed by atoms with E-state index in [0.717, 1.165) is 32.4 Å². The molecule has 19 heavy (non-hydrogen) atoms. The highest BCUT2D eigenvalue weighted by molar-refractivity contribution is 5.84. The average Bonchev–Trinajstić information content (AvgIpc) is 2.88. The van der Waals surface area contributed by atoms with Crippen LogP contribution in [0.5, 0.6) is 0 Å². The Kier molecular flexibility index (Phi) is 7.48. The van der Waals surface area contributed by atoms with E-state index in [0.29, 0.717) is 25.4 Å². The second-order valence-electron chi connectivity index (χ2n) is 5.23. The zero-order valence-corrected chi connectivity index (χ0v) is 12.2. The Morgan fingerprint density at radius 1 is 1.32 bits per heavy atom. The van der Waals surface area contributed by atoms with Gasteiger partial charge in [-0.3, -0.25) is 9.59 Å². The lowest BCUT2D eigenvalue weighted by molar-refractivity contribution is -0.136. The Labute approximate surface area is 116 Å². The number of hydrogen-bond donors (Lipinski definition) is 2. The third-order valence-corrected chi connectivity index (χ3v) is 3.38. The molecule has 0 spiro atoms. The summed E-state index contributed by atoms with van der Waals surface area (Å²) in [4.78, 5) is 25.6. The fourth-order valence-electron chi connectivity index (χ4n) is 2.32. The quantitative estimate of drug-likeness (QED) is 0.683. The summed E-state index contributed by atoms with van der Waals surface area (Å²) in [7, 11) is 0. The molecule has 1 heterocycles. The number of rotatable bonds is 8. The molecule has 0 aromatic rings. The van der Waals surface area contributed by atoms with Crippen LogP contribution in [0.15, 0.2) is 0 Å². The molecular weight excluding hydrogens is 242 g/mol. The lowest BCUT2D eigenvalue weighted by Crippen LogP contribution is -2.42. The molecule has 0 aromatic heterocycles. The Morgan fingerprint density at radius 3 is 2.68 bits per heavy atom. The zero-order chi connectivity index (χ0) is 14.1. The molecule has 2 amide bonds. The van der Waals surface area contributed by atoms with Gasteiger partial charge in [0.1, 0.15) is 0 Å². The molecule has 5 nitrogen and oxygen atoms in total. The zero-order valence-electron chi connectivity index (χ0n) is 12.2. The predicted octanol–water partition coefficient (Wildman–Crippen LogP) is 0.751. The van der Waals surface area contributed by atoms with Gasteiger partial charge >= 0.3 is 0 Å². The van der Waals surface area contributed by atoms with Gasteiger partial charge in [-0.15, -0.1) is 0 Å². The molecule has 1 unspecified atom stereocenters. The van der Waals surface area contributed by atoms with Crippen molar-refractivity contribution in [2.75, 3.05) is 32.7 Å². The second kappa shape index (κ2) is 8.91. The van der Waals surface area contributed by atoms with Crippen LogP contribution in [0.2, 0.25) is 0 Å². The van der Waals surface area contributed by atoms with Crippen LogP contribution in [0.3, 0.4) is 0 Å². The molecule has 0 radical (unpaired) electrons. The van der Waals surface area contributed by atoms with Crippen LogP contribution in [0.1, 0.15) is 39.5 Å². The van der Waals surface area contributed by atoms with Gasteiger partial charge in [0.05, 0.1) is 6.54 Å². The molecule has 0 saturated carbocycles. The Hall–Kier alpha value is -1.10. The van der Waals surface area contributed by atoms with E-state index in [9.17, 15) is 9.59 Å². The maximum atomic E-state index is 12.2. The van der Waals surface area contributed by atoms with E-state index >= 15 is 0 Å². The third kappa shape index (κ3) is 6.05. The maximum Gasteiger partial charge on any atom is 0.239 e. The highest BCUT2D eigenvalue weighted by Gasteiger charge is 2.22. The lowest BCUT2D eigenvalue weighted by Gasteiger charge is -2.23. The lowest BCUT2D eigenvalue weighted by atomic mass is 10.0. The van der Waals surface area contributed by atoms with E-state index in [2.05, 4.69) is 10.6 Å². The largest absolute Gasteiger partial charge is 0.355 e. The van der Waals surface area contributed by atoms with Crippen LogP contribution < -0.4 is 10.6 Å². The van der Waals surface area contributed by atoms with E-state index in [1.807, 2.05) is 13.8 Å². The summed E-state index contributed by atoms with van der Waals surface area (Å²) < 4.78 is 0. The van der Waals surface area contributed by atoms with Crippen molar-refractivity contribution in [2.24, 2.45) is 5.92 Å². The van der Waals surface area contributed by atoms with Gasteiger partial charge in [0.2, 0.25) is 11.8 Å². The SMILES string of the molecule is CCCNC(=O)CN(CCC)C(=O)CC1CCNC1. The first-order valence-electron chi connectivity index (χ1n) is 7.42. The molecule has 1 aliphatic heterocycles. The number of hydrogen-bond acceptors (Lipinski definition) is 3. The van der Waals surface area contributed by atoms with Crippen molar-refractivity contribution in [3.63, 3.8) is 0 Å². The second-order valence-corrected chi connectivity index (χ2v) is 5.23. The minimum atomic E-state index is -0.0480. The molecule has 1 atom stereocenters. The van der Waals surface area contributed by atoms with Gasteiger partial charge in [0.25, 0.3) is 0 Å². The summed E-state index contributed by atoms with van der Waals surface area (Å²) in [6.45, 7) is 7.52. The Balaban J connectivity index is 2.40. The fourth-order valence-corrected chi connectivity index (χ4v) is 2.32. The van der Waals surface area contributed by atoms with Crippen molar-refractivity contribution in [2.45, 2.75) is 39.5 Å². The summed E-state index contributed by atoms with van der Waals surface area (Å²) in [6.07, 6.45) is 3.43. The fraction of sp³-hybridized carbons (Fsp3) is 0.857. The summed E-state index contributed by atoms with van der Waals surface area (Å²) >= 11 is 0. The molecule has 1 fully saturated rings. The smallest absolute Gasteiger partial charge is 0.239 e. The van der Waals surface area contributed by atoms with Crippen LogP contribution in [-0.4, -0.2) is 49.4 Å². The summed E-state index contributed by atoms with van der Waals surface area (Å²) in [5, 5.41) is 6.09. The van der Waals surface area contributed by atoms with E-state index in [4.69, 9.17) is 0 Å². The number of nitrogens with zero attached hydrogens (tertiary/aromatic N) is 1. The topological polar surface area (TPSA) is 61.4 Å². The monoisotopic (exact) mass is 269 g/mol. The first kappa shape index (κ1) is 16.0. The summed E-state index contributed by atoms with van der Waals surface area (Å²) in [6, 6.07) is 0. The normalized spacial score (nSPS) is 18.3. The van der Waals surface area contributed by atoms with Gasteiger partial charge in [0.15, 0.2) is 0 Å². The maximum absolute atomic E-state index is 12.2. The van der Waals surface area contributed by atoms with Crippen molar-refractivity contribution in [3.05, 3.63) is 0 Å². The molecule has 0 aromatic carbocycles. The number of amides is 2. The van der Waals surface area contributed by atoms with E-state index in [-0.39, 0.29) is 18.4 Å². The summed E-state index contributed by atoms with van der Waals surface area (Å²) in [5.41, 5.74) is 0. The Morgan fingerprint density at radius 2 is 2.11 bits per heavy atom. The molecule has 1 saturated heterocycles. The molecule has 1 rings (SSSR count). The molecule has 110 valence electrons. The van der Waals surface area contributed by atoms with Gasteiger partial charge < -0.3 is 15.5 Å². The van der Waals surface area contributed by atoms with E-state index in [1.165, 1.54) is 0 Å². The highest BCUT2D eigenvalue weighted by Crippen LogP contribution is 2.14. The van der Waals surface area contributed by atoms with Gasteiger partial charge in [0, 0.05) is 19.5 Å². The van der Waals surface area contributed by atoms with Gasteiger partial charge in [-0.2, -0.15) is 0 Å². The van der Waals surface area contributed by atoms with Crippen molar-refractivity contribution in [3.8, 4) is 0 Å². The first-order chi connectivity index (χ1) is 9.17. The third-order valence-electron chi connectivity index (χ3n) is 3.38. The van der Waals surface area contributed by atoms with E-state index < -0.39 is 0 Å². The molecule has 5 heteroatoms. The Bertz CT molecular complexity index is 288. The van der Waals surface area contributed by atoms with Crippen molar-refractivity contribution in [1.29, 1.82) is 0 Å². The van der Waals surface area contributed by atoms with Crippen molar-refractivity contribution in [1.82, 2.24) is 15.5 Å². The predicted molar refractivity (Wildman–Crippen MR) is 75.8 cm³/mol. The highest BCUT2D eigenvalue weighted by atomic mass is 16.2. The van der Waals surface area contributed by atoms with Crippen LogP contribution in [0, 0.1) is 5.92 Å². The standard InChI is InChI=1S/C14H27N3O2/c1-3-6-16-13(18)11-17(8-4-2)14(19)9-12-5-7-15-10-12/h12,15H,3-11H2,1-2H3,(H,16,18). The summed E-state index contributed by atoms with van der Waals surface area (Å²) in [5.74, 6) is 0.501. The van der Waals surface area contributed by atoms with Gasteiger partial charge in [-0.25, -0.2) is 0 Å². The minimum Gasteiger partial charge on any atom is -0.355 e. The van der Waals surface area contributed by atoms with Crippen LogP contribution >= 0.6 is 0 Å². The average molecular weight is 269 g/mol. The van der Waals surface area contributed by atoms with Crippen LogP contribution in [0.25, 0.3) is 0 Å². The molecule has 0 bridgehead atoms. The number of nitrogens with one attached hydrogen (secondary N) is 2. The van der Waals surface area contributed by atoms with E-state index in [1.54, 1.807) is 4.90 Å². The molecule has 2 N–H and O–H groups in total. The van der Waals surface area contributed by atoms with Crippen LogP contribution in [-0.2, 0) is 9.59 Å². The van der Waals surface area contributed by atoms with Gasteiger partial charge in [-0.05, 0) is 38.3 Å². The minimum absolute atomic E-state index is 0.0480. The van der Waals surface area contributed by atoms with Crippen LogP contribution in [0.4, 0.5) is 0 Å². The number of carbonyl (C=O) groups is 2. The molecule has 0 aliphatic carbocycles. The molecular formula is C14H27N3O2. The number of carbonyl (C=O) groups excluding carboxylic acids is 2.